The summed E-state index contributed by atoms with van der Waals surface area (Å²) in [5.41, 5.74) is 3.92. The molecule has 0 radical (unpaired) electrons. The Labute approximate surface area is 150 Å². The van der Waals surface area contributed by atoms with Crippen molar-refractivity contribution in [3.05, 3.63) is 53.6 Å². The number of carbonyl (C=O) groups excluding carboxylic acids is 1. The minimum absolute atomic E-state index is 0.0907. The highest BCUT2D eigenvalue weighted by Crippen LogP contribution is 2.31. The number of nitrogens with zero attached hydrogens (tertiary/aromatic N) is 3. The van der Waals surface area contributed by atoms with E-state index >= 15 is 0 Å². The van der Waals surface area contributed by atoms with Crippen LogP contribution in [0.2, 0.25) is 0 Å². The van der Waals surface area contributed by atoms with Gasteiger partial charge in [-0.1, -0.05) is 6.07 Å². The van der Waals surface area contributed by atoms with Gasteiger partial charge in [-0.3, -0.25) is 4.79 Å². The molecular formula is C19H18FN5O. The van der Waals surface area contributed by atoms with Crippen molar-refractivity contribution in [1.82, 2.24) is 20.3 Å². The SMILES string of the molecule is CN(C)c1cccc(F)c1-c1nccc(-c2cc3c([nH]2)CCNC3=O)n1. The number of amides is 1. The van der Waals surface area contributed by atoms with Gasteiger partial charge >= 0.3 is 0 Å². The molecule has 0 saturated heterocycles. The average Bonchev–Trinajstić information content (AvgIpc) is 3.07. The summed E-state index contributed by atoms with van der Waals surface area (Å²) in [4.78, 5) is 25.9. The Balaban J connectivity index is 1.81. The number of hydrogen-bond donors (Lipinski definition) is 2. The van der Waals surface area contributed by atoms with Gasteiger partial charge in [0, 0.05) is 39.0 Å². The van der Waals surface area contributed by atoms with Crippen LogP contribution < -0.4 is 10.2 Å². The molecular weight excluding hydrogens is 333 g/mol. The van der Waals surface area contributed by atoms with Crippen LogP contribution in [0.5, 0.6) is 0 Å². The first-order valence-electron chi connectivity index (χ1n) is 8.34. The van der Waals surface area contributed by atoms with Crippen LogP contribution in [0, 0.1) is 5.82 Å². The number of aromatic nitrogens is 3. The van der Waals surface area contributed by atoms with E-state index in [2.05, 4.69) is 20.3 Å². The van der Waals surface area contributed by atoms with E-state index < -0.39 is 0 Å². The van der Waals surface area contributed by atoms with E-state index in [9.17, 15) is 9.18 Å². The van der Waals surface area contributed by atoms with Gasteiger partial charge < -0.3 is 15.2 Å². The number of fused-ring (bicyclic) bond motifs is 1. The number of anilines is 1. The lowest BCUT2D eigenvalue weighted by Crippen LogP contribution is -2.31. The van der Waals surface area contributed by atoms with Gasteiger partial charge in [-0.25, -0.2) is 14.4 Å². The molecule has 1 aliphatic heterocycles. The predicted molar refractivity (Wildman–Crippen MR) is 97.6 cm³/mol. The van der Waals surface area contributed by atoms with Crippen LogP contribution in [-0.4, -0.2) is 41.5 Å². The molecule has 26 heavy (non-hydrogen) atoms. The highest BCUT2D eigenvalue weighted by atomic mass is 19.1. The number of H-pyrrole nitrogens is 1. The number of hydrogen-bond acceptors (Lipinski definition) is 4. The second-order valence-electron chi connectivity index (χ2n) is 6.38. The maximum atomic E-state index is 14.5. The number of rotatable bonds is 3. The lowest BCUT2D eigenvalue weighted by Gasteiger charge is -2.17. The van der Waals surface area contributed by atoms with Gasteiger partial charge in [0.15, 0.2) is 5.82 Å². The number of nitrogens with one attached hydrogen (secondary N) is 2. The summed E-state index contributed by atoms with van der Waals surface area (Å²) in [6.45, 7) is 0.613. The standard InChI is InChI=1S/C19H18FN5O/c1-25(2)16-5-3-4-12(20)17(16)18-21-8-7-14(24-18)15-10-11-13(23-15)6-9-22-19(11)26/h3-5,7-8,10,23H,6,9H2,1-2H3,(H,22,26). The molecule has 2 N–H and O–H groups in total. The summed E-state index contributed by atoms with van der Waals surface area (Å²) in [7, 11) is 3.69. The Hall–Kier alpha value is -3.22. The summed E-state index contributed by atoms with van der Waals surface area (Å²) >= 11 is 0. The van der Waals surface area contributed by atoms with E-state index in [1.165, 1.54) is 6.07 Å². The highest BCUT2D eigenvalue weighted by molar-refractivity contribution is 5.97. The monoisotopic (exact) mass is 351 g/mol. The maximum absolute atomic E-state index is 14.5. The number of carbonyl (C=O) groups is 1. The Morgan fingerprint density at radius 1 is 1.23 bits per heavy atom. The van der Waals surface area contributed by atoms with Crippen molar-refractivity contribution in [3.63, 3.8) is 0 Å². The Morgan fingerprint density at radius 3 is 2.85 bits per heavy atom. The van der Waals surface area contributed by atoms with Gasteiger partial charge in [-0.05, 0) is 24.3 Å². The second kappa shape index (κ2) is 6.25. The zero-order valence-corrected chi connectivity index (χ0v) is 14.5. The first-order chi connectivity index (χ1) is 12.5. The maximum Gasteiger partial charge on any atom is 0.253 e. The van der Waals surface area contributed by atoms with Crippen LogP contribution in [-0.2, 0) is 6.42 Å². The van der Waals surface area contributed by atoms with E-state index in [0.717, 1.165) is 17.8 Å². The molecule has 1 aromatic carbocycles. The van der Waals surface area contributed by atoms with Crippen molar-refractivity contribution in [3.8, 4) is 22.8 Å². The fourth-order valence-electron chi connectivity index (χ4n) is 3.17. The van der Waals surface area contributed by atoms with E-state index in [0.29, 0.717) is 34.9 Å². The average molecular weight is 351 g/mol. The summed E-state index contributed by atoms with van der Waals surface area (Å²) in [6.07, 6.45) is 2.35. The molecule has 1 aliphatic rings. The Bertz CT molecular complexity index is 995. The summed E-state index contributed by atoms with van der Waals surface area (Å²) in [5, 5.41) is 2.82. The van der Waals surface area contributed by atoms with Crippen LogP contribution in [0.3, 0.4) is 0 Å². The molecule has 4 rings (SSSR count). The third-order valence-corrected chi connectivity index (χ3v) is 4.43. The van der Waals surface area contributed by atoms with Crippen LogP contribution in [0.4, 0.5) is 10.1 Å². The van der Waals surface area contributed by atoms with Crippen LogP contribution in [0.15, 0.2) is 36.5 Å². The summed E-state index contributed by atoms with van der Waals surface area (Å²) < 4.78 is 14.5. The molecule has 0 aliphatic carbocycles. The van der Waals surface area contributed by atoms with E-state index in [4.69, 9.17) is 0 Å². The van der Waals surface area contributed by atoms with Crippen molar-refractivity contribution in [2.45, 2.75) is 6.42 Å². The van der Waals surface area contributed by atoms with Gasteiger partial charge in [0.25, 0.3) is 5.91 Å². The first kappa shape index (κ1) is 16.3. The van der Waals surface area contributed by atoms with E-state index in [1.54, 1.807) is 24.4 Å². The molecule has 0 spiro atoms. The van der Waals surface area contributed by atoms with Crippen LogP contribution >= 0.6 is 0 Å². The van der Waals surface area contributed by atoms with Crippen molar-refractivity contribution in [1.29, 1.82) is 0 Å². The summed E-state index contributed by atoms with van der Waals surface area (Å²) in [5.74, 6) is -0.160. The normalized spacial score (nSPS) is 13.3. The van der Waals surface area contributed by atoms with Crippen molar-refractivity contribution in [2.24, 2.45) is 0 Å². The molecule has 0 fully saturated rings. The fourth-order valence-corrected chi connectivity index (χ4v) is 3.17. The topological polar surface area (TPSA) is 73.9 Å². The minimum atomic E-state index is -0.376. The molecule has 2 aromatic heterocycles. The second-order valence-corrected chi connectivity index (χ2v) is 6.38. The fraction of sp³-hybridized carbons (Fsp3) is 0.211. The highest BCUT2D eigenvalue weighted by Gasteiger charge is 2.21. The molecule has 132 valence electrons. The van der Waals surface area contributed by atoms with Gasteiger partial charge in [0.2, 0.25) is 0 Å². The molecule has 0 bridgehead atoms. The number of benzene rings is 1. The number of aromatic amines is 1. The minimum Gasteiger partial charge on any atom is -0.377 e. The first-order valence-corrected chi connectivity index (χ1v) is 8.34. The van der Waals surface area contributed by atoms with Gasteiger partial charge in [0.05, 0.1) is 28.2 Å². The third-order valence-electron chi connectivity index (χ3n) is 4.43. The Kier molecular flexibility index (Phi) is 3.91. The van der Waals surface area contributed by atoms with E-state index in [1.807, 2.05) is 25.1 Å². The zero-order valence-electron chi connectivity index (χ0n) is 14.5. The summed E-state index contributed by atoms with van der Waals surface area (Å²) in [6, 6.07) is 8.41. The molecule has 0 unspecified atom stereocenters. The molecule has 0 atom stereocenters. The van der Waals surface area contributed by atoms with Crippen molar-refractivity contribution >= 4 is 11.6 Å². The molecule has 7 heteroatoms. The molecule has 0 saturated carbocycles. The van der Waals surface area contributed by atoms with Crippen molar-refractivity contribution in [2.75, 3.05) is 25.5 Å². The third kappa shape index (κ3) is 2.71. The predicted octanol–water partition coefficient (Wildman–Crippen LogP) is 2.63. The molecule has 3 aromatic rings. The van der Waals surface area contributed by atoms with Crippen LogP contribution in [0.25, 0.3) is 22.8 Å². The Morgan fingerprint density at radius 2 is 2.08 bits per heavy atom. The van der Waals surface area contributed by atoms with Crippen LogP contribution in [0.1, 0.15) is 16.1 Å². The lowest BCUT2D eigenvalue weighted by molar-refractivity contribution is 0.0946. The lowest BCUT2D eigenvalue weighted by atomic mass is 10.1. The van der Waals surface area contributed by atoms with E-state index in [-0.39, 0.29) is 11.7 Å². The quantitative estimate of drug-likeness (QED) is 0.761. The smallest absolute Gasteiger partial charge is 0.253 e. The van der Waals surface area contributed by atoms with Gasteiger partial charge in [-0.2, -0.15) is 0 Å². The molecule has 1 amide bonds. The van der Waals surface area contributed by atoms with Crippen molar-refractivity contribution < 1.29 is 9.18 Å². The molecule has 6 nitrogen and oxygen atoms in total. The zero-order chi connectivity index (χ0) is 18.3. The van der Waals surface area contributed by atoms with Gasteiger partial charge in [-0.15, -0.1) is 0 Å². The number of halogens is 1. The van der Waals surface area contributed by atoms with Gasteiger partial charge in [0.1, 0.15) is 5.82 Å². The largest absolute Gasteiger partial charge is 0.377 e. The molecule has 3 heterocycles.